The average molecular weight is 402 g/mol. The third kappa shape index (κ3) is 5.09. The maximum Gasteiger partial charge on any atom is 0.338 e. The predicted molar refractivity (Wildman–Crippen MR) is 110 cm³/mol. The maximum atomic E-state index is 12.9. The van der Waals surface area contributed by atoms with Crippen molar-refractivity contribution in [3.63, 3.8) is 0 Å². The first-order valence-corrected chi connectivity index (χ1v) is 10.2. The van der Waals surface area contributed by atoms with Gasteiger partial charge in [0.25, 0.3) is 0 Å². The summed E-state index contributed by atoms with van der Waals surface area (Å²) in [5, 5.41) is 5.74. The second-order valence-corrected chi connectivity index (χ2v) is 8.06. The second-order valence-electron chi connectivity index (χ2n) is 8.06. The lowest BCUT2D eigenvalue weighted by molar-refractivity contribution is -0.139. The number of rotatable bonds is 6. The van der Waals surface area contributed by atoms with Crippen LogP contribution in [-0.2, 0) is 9.53 Å². The summed E-state index contributed by atoms with van der Waals surface area (Å²) >= 11 is 0. The lowest BCUT2D eigenvalue weighted by Gasteiger charge is -2.37. The molecule has 0 bridgehead atoms. The minimum atomic E-state index is -0.566. The largest absolute Gasteiger partial charge is 0.497 e. The van der Waals surface area contributed by atoms with Crippen LogP contribution in [0.4, 0.5) is 4.79 Å². The van der Waals surface area contributed by atoms with E-state index < -0.39 is 12.0 Å². The van der Waals surface area contributed by atoms with Gasteiger partial charge in [0.05, 0.1) is 25.3 Å². The molecule has 158 valence electrons. The molecule has 7 nitrogen and oxygen atoms in total. The molecule has 3 rings (SSSR count). The van der Waals surface area contributed by atoms with Gasteiger partial charge >= 0.3 is 12.0 Å². The SMILES string of the molecule is CCOC(=O)C1=C(CN2C[C@H](C)C[C@H](C)C2)NC(=O)N[C@H]1c1ccc(OC)cc1. The van der Waals surface area contributed by atoms with Gasteiger partial charge in [-0.25, -0.2) is 9.59 Å². The Hall–Kier alpha value is -2.54. The number of benzene rings is 1. The monoisotopic (exact) mass is 401 g/mol. The summed E-state index contributed by atoms with van der Waals surface area (Å²) in [6, 6.07) is 6.48. The van der Waals surface area contributed by atoms with E-state index in [0.29, 0.717) is 35.4 Å². The summed E-state index contributed by atoms with van der Waals surface area (Å²) in [6.45, 7) is 8.94. The van der Waals surface area contributed by atoms with Crippen molar-refractivity contribution in [1.29, 1.82) is 0 Å². The molecular formula is C22H31N3O4. The van der Waals surface area contributed by atoms with Gasteiger partial charge in [-0.1, -0.05) is 26.0 Å². The number of carbonyl (C=O) groups is 2. The third-order valence-electron chi connectivity index (χ3n) is 5.42. The number of hydrogen-bond donors (Lipinski definition) is 2. The Kier molecular flexibility index (Phi) is 6.79. The van der Waals surface area contributed by atoms with Crippen molar-refractivity contribution in [2.45, 2.75) is 33.2 Å². The molecule has 3 atom stereocenters. The molecule has 0 radical (unpaired) electrons. The number of esters is 1. The molecule has 0 aromatic heterocycles. The van der Waals surface area contributed by atoms with E-state index in [9.17, 15) is 9.59 Å². The number of ether oxygens (including phenoxy) is 2. The summed E-state index contributed by atoms with van der Waals surface area (Å²) in [4.78, 5) is 27.6. The van der Waals surface area contributed by atoms with Crippen LogP contribution in [0.2, 0.25) is 0 Å². The fraction of sp³-hybridized carbons (Fsp3) is 0.545. The van der Waals surface area contributed by atoms with E-state index in [-0.39, 0.29) is 12.6 Å². The fourth-order valence-electron chi connectivity index (χ4n) is 4.38. The Labute approximate surface area is 172 Å². The summed E-state index contributed by atoms with van der Waals surface area (Å²) in [5.41, 5.74) is 1.89. The zero-order valence-corrected chi connectivity index (χ0v) is 17.7. The standard InChI is InChI=1S/C22H31N3O4/c1-5-29-21(26)19-18(13-25-11-14(2)10-15(3)12-25)23-22(27)24-20(19)16-6-8-17(28-4)9-7-16/h6-9,14-15,20H,5,10-13H2,1-4H3,(H2,23,24,27)/t14-,15+,20-/m0/s1. The number of urea groups is 1. The molecular weight excluding hydrogens is 370 g/mol. The molecule has 1 aromatic rings. The summed E-state index contributed by atoms with van der Waals surface area (Å²) < 4.78 is 10.6. The highest BCUT2D eigenvalue weighted by molar-refractivity contribution is 5.95. The molecule has 29 heavy (non-hydrogen) atoms. The minimum absolute atomic E-state index is 0.274. The quantitative estimate of drug-likeness (QED) is 0.717. The van der Waals surface area contributed by atoms with E-state index in [2.05, 4.69) is 29.4 Å². The molecule has 0 spiro atoms. The third-order valence-corrected chi connectivity index (χ3v) is 5.42. The molecule has 0 unspecified atom stereocenters. The Balaban J connectivity index is 1.96. The topological polar surface area (TPSA) is 79.9 Å². The number of methoxy groups -OCH3 is 1. The Morgan fingerprint density at radius 3 is 2.41 bits per heavy atom. The van der Waals surface area contributed by atoms with E-state index >= 15 is 0 Å². The molecule has 1 saturated heterocycles. The molecule has 1 fully saturated rings. The van der Waals surface area contributed by atoms with E-state index in [4.69, 9.17) is 9.47 Å². The Morgan fingerprint density at radius 1 is 1.17 bits per heavy atom. The second kappa shape index (κ2) is 9.31. The minimum Gasteiger partial charge on any atom is -0.497 e. The predicted octanol–water partition coefficient (Wildman–Crippen LogP) is 2.84. The van der Waals surface area contributed by atoms with Gasteiger partial charge in [0.15, 0.2) is 0 Å². The zero-order valence-electron chi connectivity index (χ0n) is 17.7. The fourth-order valence-corrected chi connectivity index (χ4v) is 4.38. The Morgan fingerprint density at radius 2 is 1.83 bits per heavy atom. The maximum absolute atomic E-state index is 12.9. The zero-order chi connectivity index (χ0) is 21.0. The van der Waals surface area contributed by atoms with E-state index in [1.807, 2.05) is 24.3 Å². The number of nitrogens with one attached hydrogen (secondary N) is 2. The van der Waals surface area contributed by atoms with Crippen LogP contribution < -0.4 is 15.4 Å². The Bertz CT molecular complexity index is 765. The highest BCUT2D eigenvalue weighted by Gasteiger charge is 2.35. The molecule has 2 amide bonds. The highest BCUT2D eigenvalue weighted by Crippen LogP contribution is 2.30. The van der Waals surface area contributed by atoms with Crippen LogP contribution >= 0.6 is 0 Å². The normalized spacial score (nSPS) is 25.2. The van der Waals surface area contributed by atoms with E-state index in [0.717, 1.165) is 18.7 Å². The van der Waals surface area contributed by atoms with Gasteiger partial charge in [-0.3, -0.25) is 4.90 Å². The number of piperidine rings is 1. The van der Waals surface area contributed by atoms with Crippen LogP contribution in [0.3, 0.4) is 0 Å². The first-order valence-electron chi connectivity index (χ1n) is 10.2. The number of nitrogens with zero attached hydrogens (tertiary/aromatic N) is 1. The number of amides is 2. The van der Waals surface area contributed by atoms with Crippen molar-refractivity contribution in [1.82, 2.24) is 15.5 Å². The van der Waals surface area contributed by atoms with Crippen LogP contribution in [0.25, 0.3) is 0 Å². The molecule has 2 aliphatic heterocycles. The molecule has 0 aliphatic carbocycles. The van der Waals surface area contributed by atoms with Gasteiger partial charge in [0, 0.05) is 25.3 Å². The number of carbonyl (C=O) groups excluding carboxylic acids is 2. The lowest BCUT2D eigenvalue weighted by Crippen LogP contribution is -2.50. The molecule has 1 aromatic carbocycles. The molecule has 2 aliphatic rings. The van der Waals surface area contributed by atoms with Crippen LogP contribution in [0, 0.1) is 11.8 Å². The molecule has 0 saturated carbocycles. The van der Waals surface area contributed by atoms with E-state index in [1.165, 1.54) is 6.42 Å². The van der Waals surface area contributed by atoms with Gasteiger partial charge < -0.3 is 20.1 Å². The molecule has 2 heterocycles. The van der Waals surface area contributed by atoms with Crippen molar-refractivity contribution in [2.75, 3.05) is 33.4 Å². The molecule has 7 heteroatoms. The molecule has 2 N–H and O–H groups in total. The smallest absolute Gasteiger partial charge is 0.338 e. The average Bonchev–Trinajstić information content (AvgIpc) is 2.67. The van der Waals surface area contributed by atoms with Gasteiger partial charge in [0.1, 0.15) is 5.75 Å². The van der Waals surface area contributed by atoms with Crippen molar-refractivity contribution < 1.29 is 19.1 Å². The van der Waals surface area contributed by atoms with Gasteiger partial charge in [0.2, 0.25) is 0 Å². The summed E-state index contributed by atoms with van der Waals surface area (Å²) in [6.07, 6.45) is 1.20. The first kappa shape index (κ1) is 21.2. The summed E-state index contributed by atoms with van der Waals surface area (Å²) in [5.74, 6) is 1.47. The number of hydrogen-bond acceptors (Lipinski definition) is 5. The number of likely N-dealkylation sites (tertiary alicyclic amines) is 1. The van der Waals surface area contributed by atoms with Crippen molar-refractivity contribution in [3.8, 4) is 5.75 Å². The van der Waals surface area contributed by atoms with Gasteiger partial charge in [-0.2, -0.15) is 0 Å². The van der Waals surface area contributed by atoms with Crippen molar-refractivity contribution in [2.24, 2.45) is 11.8 Å². The lowest BCUT2D eigenvalue weighted by atomic mass is 9.91. The highest BCUT2D eigenvalue weighted by atomic mass is 16.5. The van der Waals surface area contributed by atoms with Crippen LogP contribution in [0.15, 0.2) is 35.5 Å². The summed E-state index contributed by atoms with van der Waals surface area (Å²) in [7, 11) is 1.60. The first-order chi connectivity index (χ1) is 13.9. The van der Waals surface area contributed by atoms with Crippen molar-refractivity contribution in [3.05, 3.63) is 41.1 Å². The van der Waals surface area contributed by atoms with Crippen LogP contribution in [-0.4, -0.2) is 50.3 Å². The van der Waals surface area contributed by atoms with Crippen LogP contribution in [0.5, 0.6) is 5.75 Å². The van der Waals surface area contributed by atoms with E-state index in [1.54, 1.807) is 14.0 Å². The van der Waals surface area contributed by atoms with Crippen LogP contribution in [0.1, 0.15) is 38.8 Å². The van der Waals surface area contributed by atoms with Gasteiger partial charge in [-0.15, -0.1) is 0 Å². The van der Waals surface area contributed by atoms with Gasteiger partial charge in [-0.05, 0) is 42.9 Å². The van der Waals surface area contributed by atoms with Crippen molar-refractivity contribution >= 4 is 12.0 Å².